The molecule has 0 spiro atoms. The average Bonchev–Trinajstić information content (AvgIpc) is 1.97. The third-order valence-electron chi connectivity index (χ3n) is 1.45. The molecule has 0 unspecified atom stereocenters. The van der Waals surface area contributed by atoms with Gasteiger partial charge in [0.2, 0.25) is 0 Å². The quantitative estimate of drug-likeness (QED) is 0.547. The first-order valence-corrected chi connectivity index (χ1v) is 4.11. The lowest BCUT2D eigenvalue weighted by molar-refractivity contribution is 0.192. The fraction of sp³-hybridized carbons (Fsp3) is 1.00. The molecule has 0 bridgehead atoms. The second-order valence-corrected chi connectivity index (χ2v) is 2.41. The molecule has 2 heteroatoms. The van der Waals surface area contributed by atoms with Crippen molar-refractivity contribution >= 4 is 0 Å². The molecule has 0 aliphatic rings. The molecule has 2 nitrogen and oxygen atoms in total. The molecule has 0 aliphatic carbocycles. The van der Waals surface area contributed by atoms with Crippen LogP contribution in [0.3, 0.4) is 0 Å². The summed E-state index contributed by atoms with van der Waals surface area (Å²) in [5, 5.41) is 3.28. The summed E-state index contributed by atoms with van der Waals surface area (Å²) < 4.78 is 4.93. The molecule has 0 aromatic carbocycles. The van der Waals surface area contributed by atoms with E-state index in [1.807, 2.05) is 0 Å². The van der Waals surface area contributed by atoms with Crippen LogP contribution in [0.25, 0.3) is 0 Å². The van der Waals surface area contributed by atoms with Crippen molar-refractivity contribution in [3.8, 4) is 0 Å². The molecule has 62 valence electrons. The summed E-state index contributed by atoms with van der Waals surface area (Å²) >= 11 is 0. The van der Waals surface area contributed by atoms with Gasteiger partial charge in [0, 0.05) is 13.7 Å². The number of hydrogen-bond acceptors (Lipinski definition) is 2. The number of ether oxygens (including phenoxy) is 1. The van der Waals surface area contributed by atoms with Crippen molar-refractivity contribution in [2.45, 2.75) is 26.2 Å². The maximum atomic E-state index is 4.93. The zero-order valence-electron chi connectivity index (χ0n) is 7.15. The zero-order valence-corrected chi connectivity index (χ0v) is 7.15. The summed E-state index contributed by atoms with van der Waals surface area (Å²) in [4.78, 5) is 0. The van der Waals surface area contributed by atoms with Gasteiger partial charge in [0.05, 0.1) is 0 Å². The highest BCUT2D eigenvalue weighted by Gasteiger charge is 1.86. The Labute approximate surface area is 64.0 Å². The smallest absolute Gasteiger partial charge is 0.0462 e. The van der Waals surface area contributed by atoms with Gasteiger partial charge in [-0.05, 0) is 32.4 Å². The Morgan fingerprint density at radius 2 is 2.00 bits per heavy atom. The van der Waals surface area contributed by atoms with Gasteiger partial charge in [0.25, 0.3) is 0 Å². The minimum absolute atomic E-state index is 0.909. The van der Waals surface area contributed by atoms with Crippen molar-refractivity contribution in [3.63, 3.8) is 0 Å². The summed E-state index contributed by atoms with van der Waals surface area (Å²) in [6, 6.07) is 0. The first-order chi connectivity index (χ1) is 4.91. The van der Waals surface area contributed by atoms with Gasteiger partial charge in [0.15, 0.2) is 0 Å². The predicted octanol–water partition coefficient (Wildman–Crippen LogP) is 1.41. The highest BCUT2D eigenvalue weighted by Crippen LogP contribution is 1.92. The van der Waals surface area contributed by atoms with Crippen LogP contribution >= 0.6 is 0 Å². The van der Waals surface area contributed by atoms with Crippen molar-refractivity contribution in [3.05, 3.63) is 0 Å². The summed E-state index contributed by atoms with van der Waals surface area (Å²) in [5.74, 6) is 0. The molecule has 0 fully saturated rings. The van der Waals surface area contributed by atoms with Gasteiger partial charge in [-0.15, -0.1) is 0 Å². The van der Waals surface area contributed by atoms with Crippen molar-refractivity contribution in [1.82, 2.24) is 5.32 Å². The van der Waals surface area contributed by atoms with Gasteiger partial charge >= 0.3 is 0 Å². The van der Waals surface area contributed by atoms with Crippen LogP contribution in [-0.2, 0) is 4.74 Å². The van der Waals surface area contributed by atoms with E-state index in [9.17, 15) is 0 Å². The average molecular weight is 145 g/mol. The minimum Gasteiger partial charge on any atom is -0.385 e. The molecule has 0 aromatic rings. The third kappa shape index (κ3) is 7.92. The SMILES string of the molecule is CCNCCCCCOC. The van der Waals surface area contributed by atoms with E-state index in [0.717, 1.165) is 19.7 Å². The van der Waals surface area contributed by atoms with Gasteiger partial charge < -0.3 is 10.1 Å². The Bertz CT molecular complexity index is 49.2. The number of rotatable bonds is 7. The van der Waals surface area contributed by atoms with E-state index < -0.39 is 0 Å². The zero-order chi connectivity index (χ0) is 7.66. The molecule has 1 N–H and O–H groups in total. The molecule has 10 heavy (non-hydrogen) atoms. The van der Waals surface area contributed by atoms with E-state index in [2.05, 4.69) is 12.2 Å². The standard InChI is InChI=1S/C8H19NO/c1-3-9-7-5-4-6-8-10-2/h9H,3-8H2,1-2H3. The number of nitrogens with one attached hydrogen (secondary N) is 1. The predicted molar refractivity (Wildman–Crippen MR) is 44.3 cm³/mol. The topological polar surface area (TPSA) is 21.3 Å². The molecule has 0 aromatic heterocycles. The normalized spacial score (nSPS) is 10.2. The monoisotopic (exact) mass is 145 g/mol. The Morgan fingerprint density at radius 1 is 1.20 bits per heavy atom. The van der Waals surface area contributed by atoms with E-state index in [1.165, 1.54) is 19.3 Å². The molecular formula is C8H19NO. The highest BCUT2D eigenvalue weighted by molar-refractivity contribution is 4.45. The van der Waals surface area contributed by atoms with Crippen molar-refractivity contribution in [2.24, 2.45) is 0 Å². The maximum absolute atomic E-state index is 4.93. The van der Waals surface area contributed by atoms with Gasteiger partial charge in [-0.1, -0.05) is 6.92 Å². The Morgan fingerprint density at radius 3 is 2.60 bits per heavy atom. The largest absolute Gasteiger partial charge is 0.385 e. The first-order valence-electron chi connectivity index (χ1n) is 4.11. The molecule has 0 saturated heterocycles. The molecule has 0 saturated carbocycles. The summed E-state index contributed by atoms with van der Waals surface area (Å²) in [7, 11) is 1.75. The van der Waals surface area contributed by atoms with Crippen LogP contribution in [0.15, 0.2) is 0 Å². The second-order valence-electron chi connectivity index (χ2n) is 2.41. The maximum Gasteiger partial charge on any atom is 0.0462 e. The van der Waals surface area contributed by atoms with Crippen LogP contribution in [-0.4, -0.2) is 26.8 Å². The fourth-order valence-electron chi connectivity index (χ4n) is 0.850. The van der Waals surface area contributed by atoms with Crippen LogP contribution in [0.1, 0.15) is 26.2 Å². The van der Waals surface area contributed by atoms with Gasteiger partial charge in [0.1, 0.15) is 0 Å². The van der Waals surface area contributed by atoms with Crippen LogP contribution in [0, 0.1) is 0 Å². The van der Waals surface area contributed by atoms with E-state index in [1.54, 1.807) is 7.11 Å². The Hall–Kier alpha value is -0.0800. The van der Waals surface area contributed by atoms with Crippen molar-refractivity contribution < 1.29 is 4.74 Å². The minimum atomic E-state index is 0.909. The highest BCUT2D eigenvalue weighted by atomic mass is 16.5. The first kappa shape index (κ1) is 9.92. The van der Waals surface area contributed by atoms with Gasteiger partial charge in [-0.2, -0.15) is 0 Å². The van der Waals surface area contributed by atoms with Crippen LogP contribution in [0.2, 0.25) is 0 Å². The summed E-state index contributed by atoms with van der Waals surface area (Å²) in [6.07, 6.45) is 3.75. The number of unbranched alkanes of at least 4 members (excludes halogenated alkanes) is 2. The molecular weight excluding hydrogens is 126 g/mol. The summed E-state index contributed by atoms with van der Waals surface area (Å²) in [5.41, 5.74) is 0. The van der Waals surface area contributed by atoms with Crippen LogP contribution in [0.4, 0.5) is 0 Å². The van der Waals surface area contributed by atoms with Gasteiger partial charge in [-0.25, -0.2) is 0 Å². The van der Waals surface area contributed by atoms with Crippen LogP contribution < -0.4 is 5.32 Å². The lowest BCUT2D eigenvalue weighted by atomic mass is 10.2. The fourth-order valence-corrected chi connectivity index (χ4v) is 0.850. The van der Waals surface area contributed by atoms with E-state index in [0.29, 0.717) is 0 Å². The number of methoxy groups -OCH3 is 1. The lowest BCUT2D eigenvalue weighted by Crippen LogP contribution is -2.13. The molecule has 0 atom stereocenters. The molecule has 0 heterocycles. The summed E-state index contributed by atoms with van der Waals surface area (Å²) in [6.45, 7) is 5.28. The molecule has 0 rings (SSSR count). The van der Waals surface area contributed by atoms with E-state index in [4.69, 9.17) is 4.74 Å². The molecule has 0 radical (unpaired) electrons. The van der Waals surface area contributed by atoms with Crippen molar-refractivity contribution in [2.75, 3.05) is 26.8 Å². The molecule has 0 aliphatic heterocycles. The third-order valence-corrected chi connectivity index (χ3v) is 1.45. The van der Waals surface area contributed by atoms with Gasteiger partial charge in [-0.3, -0.25) is 0 Å². The lowest BCUT2D eigenvalue weighted by Gasteiger charge is -2.00. The van der Waals surface area contributed by atoms with E-state index in [-0.39, 0.29) is 0 Å². The number of hydrogen-bond donors (Lipinski definition) is 1. The van der Waals surface area contributed by atoms with E-state index >= 15 is 0 Å². The van der Waals surface area contributed by atoms with Crippen LogP contribution in [0.5, 0.6) is 0 Å². The molecule has 0 amide bonds. The Kier molecular flexibility index (Phi) is 8.85. The van der Waals surface area contributed by atoms with Crippen molar-refractivity contribution in [1.29, 1.82) is 0 Å². The second kappa shape index (κ2) is 8.92. The Balaban J connectivity index is 2.65.